The average Bonchev–Trinajstić information content (AvgIpc) is 2.46. The summed E-state index contributed by atoms with van der Waals surface area (Å²) in [6, 6.07) is 8.16. The van der Waals surface area contributed by atoms with Gasteiger partial charge in [0.2, 0.25) is 0 Å². The van der Waals surface area contributed by atoms with Gasteiger partial charge in [-0.2, -0.15) is 0 Å². The predicted octanol–water partition coefficient (Wildman–Crippen LogP) is 1.45. The number of amides is 1. The first kappa shape index (κ1) is 13.9. The molecule has 0 aromatic heterocycles. The SMILES string of the molecule is CCc1ccc(OCC(=O)N2CCNC[C@H]2C)cc1. The van der Waals surface area contributed by atoms with Gasteiger partial charge in [0.05, 0.1) is 0 Å². The van der Waals surface area contributed by atoms with Gasteiger partial charge >= 0.3 is 0 Å². The zero-order valence-electron chi connectivity index (χ0n) is 11.7. The molecule has 1 N–H and O–H groups in total. The maximum Gasteiger partial charge on any atom is 0.260 e. The molecule has 4 nitrogen and oxygen atoms in total. The molecule has 0 spiro atoms. The first-order valence-electron chi connectivity index (χ1n) is 6.92. The fourth-order valence-electron chi connectivity index (χ4n) is 2.26. The molecule has 0 bridgehead atoms. The van der Waals surface area contributed by atoms with E-state index in [4.69, 9.17) is 4.74 Å². The Bertz CT molecular complexity index is 417. The van der Waals surface area contributed by atoms with Crippen LogP contribution >= 0.6 is 0 Å². The number of nitrogens with zero attached hydrogens (tertiary/aromatic N) is 1. The van der Waals surface area contributed by atoms with Gasteiger partial charge < -0.3 is 15.0 Å². The van der Waals surface area contributed by atoms with Crippen LogP contribution in [0.1, 0.15) is 19.4 Å². The lowest BCUT2D eigenvalue weighted by Crippen LogP contribution is -2.53. The van der Waals surface area contributed by atoms with Crippen LogP contribution < -0.4 is 10.1 Å². The number of hydrogen-bond donors (Lipinski definition) is 1. The van der Waals surface area contributed by atoms with E-state index in [1.165, 1.54) is 5.56 Å². The standard InChI is InChI=1S/C15H22N2O2/c1-3-13-4-6-14(7-5-13)19-11-15(18)17-9-8-16-10-12(17)2/h4-7,12,16H,3,8-11H2,1-2H3/t12-/m1/s1. The van der Waals surface area contributed by atoms with Crippen molar-refractivity contribution in [3.63, 3.8) is 0 Å². The number of rotatable bonds is 4. The highest BCUT2D eigenvalue weighted by atomic mass is 16.5. The fraction of sp³-hybridized carbons (Fsp3) is 0.533. The summed E-state index contributed by atoms with van der Waals surface area (Å²) in [5.74, 6) is 0.821. The Balaban J connectivity index is 1.85. The molecule has 1 aromatic rings. The molecule has 0 saturated carbocycles. The van der Waals surface area contributed by atoms with Gasteiger partial charge in [0.25, 0.3) is 5.91 Å². The lowest BCUT2D eigenvalue weighted by molar-refractivity contribution is -0.136. The second-order valence-corrected chi connectivity index (χ2v) is 4.93. The van der Waals surface area contributed by atoms with E-state index in [1.807, 2.05) is 29.2 Å². The Labute approximate surface area is 114 Å². The van der Waals surface area contributed by atoms with Crippen molar-refractivity contribution in [2.24, 2.45) is 0 Å². The zero-order valence-corrected chi connectivity index (χ0v) is 11.7. The molecule has 2 rings (SSSR count). The fourth-order valence-corrected chi connectivity index (χ4v) is 2.26. The van der Waals surface area contributed by atoms with Gasteiger partial charge in [-0.3, -0.25) is 4.79 Å². The smallest absolute Gasteiger partial charge is 0.260 e. The van der Waals surface area contributed by atoms with Gasteiger partial charge in [-0.25, -0.2) is 0 Å². The molecular weight excluding hydrogens is 240 g/mol. The lowest BCUT2D eigenvalue weighted by atomic mass is 10.2. The Hall–Kier alpha value is -1.55. The van der Waals surface area contributed by atoms with Crippen LogP contribution in [0.2, 0.25) is 0 Å². The van der Waals surface area contributed by atoms with Gasteiger partial charge in [0, 0.05) is 25.7 Å². The molecule has 1 atom stereocenters. The summed E-state index contributed by atoms with van der Waals surface area (Å²) in [5, 5.41) is 3.27. The number of benzene rings is 1. The third-order valence-corrected chi connectivity index (χ3v) is 3.52. The number of aryl methyl sites for hydroxylation is 1. The third-order valence-electron chi connectivity index (χ3n) is 3.52. The number of carbonyl (C=O) groups excluding carboxylic acids is 1. The normalized spacial score (nSPS) is 19.3. The molecule has 1 saturated heterocycles. The Morgan fingerprint density at radius 2 is 2.16 bits per heavy atom. The first-order valence-corrected chi connectivity index (χ1v) is 6.92. The maximum atomic E-state index is 12.1. The average molecular weight is 262 g/mol. The summed E-state index contributed by atoms with van der Waals surface area (Å²) in [6.45, 7) is 6.78. The molecule has 1 aliphatic heterocycles. The van der Waals surface area contributed by atoms with Crippen LogP contribution in [0.4, 0.5) is 0 Å². The van der Waals surface area contributed by atoms with E-state index in [0.29, 0.717) is 0 Å². The van der Waals surface area contributed by atoms with Gasteiger partial charge in [-0.15, -0.1) is 0 Å². The highest BCUT2D eigenvalue weighted by molar-refractivity contribution is 5.78. The minimum Gasteiger partial charge on any atom is -0.484 e. The highest BCUT2D eigenvalue weighted by Crippen LogP contribution is 2.13. The molecule has 4 heteroatoms. The van der Waals surface area contributed by atoms with Crippen molar-refractivity contribution in [3.8, 4) is 5.75 Å². The zero-order chi connectivity index (χ0) is 13.7. The molecule has 1 heterocycles. The van der Waals surface area contributed by atoms with Gasteiger partial charge in [-0.05, 0) is 31.0 Å². The Morgan fingerprint density at radius 3 is 2.79 bits per heavy atom. The summed E-state index contributed by atoms with van der Waals surface area (Å²) >= 11 is 0. The molecule has 1 aliphatic rings. The topological polar surface area (TPSA) is 41.6 Å². The summed E-state index contributed by atoms with van der Waals surface area (Å²) in [6.07, 6.45) is 1.01. The van der Waals surface area contributed by atoms with Crippen LogP contribution in [-0.4, -0.2) is 43.1 Å². The summed E-state index contributed by atoms with van der Waals surface area (Å²) in [7, 11) is 0. The Morgan fingerprint density at radius 1 is 1.42 bits per heavy atom. The van der Waals surface area contributed by atoms with Gasteiger partial charge in [-0.1, -0.05) is 19.1 Å². The first-order chi connectivity index (χ1) is 9.20. The number of carbonyl (C=O) groups is 1. The third kappa shape index (κ3) is 3.70. The van der Waals surface area contributed by atoms with Crippen molar-refractivity contribution in [2.45, 2.75) is 26.3 Å². The van der Waals surface area contributed by atoms with Gasteiger partial charge in [0.15, 0.2) is 6.61 Å². The summed E-state index contributed by atoms with van der Waals surface area (Å²) in [4.78, 5) is 14.0. The number of ether oxygens (including phenoxy) is 1. The summed E-state index contributed by atoms with van der Waals surface area (Å²) < 4.78 is 5.56. The predicted molar refractivity (Wildman–Crippen MR) is 75.4 cm³/mol. The number of hydrogen-bond acceptors (Lipinski definition) is 3. The molecule has 1 fully saturated rings. The van der Waals surface area contributed by atoms with Crippen molar-refractivity contribution in [2.75, 3.05) is 26.2 Å². The van der Waals surface area contributed by atoms with E-state index in [0.717, 1.165) is 31.8 Å². The van der Waals surface area contributed by atoms with Crippen molar-refractivity contribution in [1.29, 1.82) is 0 Å². The Kier molecular flexibility index (Phi) is 4.80. The number of nitrogens with one attached hydrogen (secondary N) is 1. The molecule has 0 aliphatic carbocycles. The molecule has 0 radical (unpaired) electrons. The lowest BCUT2D eigenvalue weighted by Gasteiger charge is -2.33. The molecule has 0 unspecified atom stereocenters. The molecule has 19 heavy (non-hydrogen) atoms. The molecule has 1 aromatic carbocycles. The molecular formula is C15H22N2O2. The van der Waals surface area contributed by atoms with Gasteiger partial charge in [0.1, 0.15) is 5.75 Å². The van der Waals surface area contributed by atoms with Crippen LogP contribution in [0.5, 0.6) is 5.75 Å². The van der Waals surface area contributed by atoms with Crippen LogP contribution in [0.3, 0.4) is 0 Å². The van der Waals surface area contributed by atoms with Crippen LogP contribution in [0, 0.1) is 0 Å². The van der Waals surface area contributed by atoms with Crippen molar-refractivity contribution in [3.05, 3.63) is 29.8 Å². The van der Waals surface area contributed by atoms with Crippen molar-refractivity contribution < 1.29 is 9.53 Å². The maximum absolute atomic E-state index is 12.1. The molecule has 104 valence electrons. The molecule has 1 amide bonds. The largest absolute Gasteiger partial charge is 0.484 e. The van der Waals surface area contributed by atoms with E-state index in [9.17, 15) is 4.79 Å². The quantitative estimate of drug-likeness (QED) is 0.893. The van der Waals surface area contributed by atoms with Crippen molar-refractivity contribution >= 4 is 5.91 Å². The second kappa shape index (κ2) is 6.57. The second-order valence-electron chi connectivity index (χ2n) is 4.93. The van der Waals surface area contributed by atoms with Crippen molar-refractivity contribution in [1.82, 2.24) is 10.2 Å². The highest BCUT2D eigenvalue weighted by Gasteiger charge is 2.22. The number of piperazine rings is 1. The van der Waals surface area contributed by atoms with E-state index in [1.54, 1.807) is 0 Å². The van der Waals surface area contributed by atoms with E-state index >= 15 is 0 Å². The van der Waals surface area contributed by atoms with E-state index in [-0.39, 0.29) is 18.6 Å². The van der Waals surface area contributed by atoms with E-state index in [2.05, 4.69) is 19.2 Å². The minimum absolute atomic E-state index is 0.0635. The van der Waals surface area contributed by atoms with Crippen LogP contribution in [0.25, 0.3) is 0 Å². The van der Waals surface area contributed by atoms with Crippen LogP contribution in [-0.2, 0) is 11.2 Å². The summed E-state index contributed by atoms with van der Waals surface area (Å²) in [5.41, 5.74) is 1.27. The van der Waals surface area contributed by atoms with E-state index < -0.39 is 0 Å². The monoisotopic (exact) mass is 262 g/mol. The van der Waals surface area contributed by atoms with Crippen LogP contribution in [0.15, 0.2) is 24.3 Å². The minimum atomic E-state index is 0.0635.